The van der Waals surface area contributed by atoms with Crippen molar-refractivity contribution in [2.75, 3.05) is 113 Å². The first kappa shape index (κ1) is 32.2. The largest absolute Gasteiger partial charge is 0.445 e. The lowest BCUT2D eigenvalue weighted by Gasteiger charge is -2.09. The van der Waals surface area contributed by atoms with Crippen molar-refractivity contribution in [1.82, 2.24) is 10.6 Å². The Hall–Kier alpha value is -1.83. The van der Waals surface area contributed by atoms with Gasteiger partial charge in [0.1, 0.15) is 6.61 Å². The van der Waals surface area contributed by atoms with Gasteiger partial charge in [0, 0.05) is 13.1 Å². The lowest BCUT2D eigenvalue weighted by atomic mass is 10.2. The van der Waals surface area contributed by atoms with E-state index in [0.29, 0.717) is 99.0 Å². The minimum Gasteiger partial charge on any atom is -0.445 e. The molecule has 36 heavy (non-hydrogen) atoms. The van der Waals surface area contributed by atoms with E-state index in [1.54, 1.807) is 0 Å². The highest BCUT2D eigenvalue weighted by atomic mass is 16.6. The van der Waals surface area contributed by atoms with Gasteiger partial charge >= 0.3 is 6.09 Å². The number of carbonyl (C=O) groups excluding carboxylic acids is 1. The highest BCUT2D eigenvalue weighted by molar-refractivity contribution is 5.67. The van der Waals surface area contributed by atoms with Gasteiger partial charge in [-0.2, -0.15) is 0 Å². The van der Waals surface area contributed by atoms with E-state index < -0.39 is 6.09 Å². The summed E-state index contributed by atoms with van der Waals surface area (Å²) in [5.74, 6) is 0. The molecule has 2 N–H and O–H groups in total. The third-order valence-electron chi connectivity index (χ3n) is 4.46. The van der Waals surface area contributed by atoms with Gasteiger partial charge in [0.2, 0.25) is 0 Å². The van der Waals surface area contributed by atoms with Crippen LogP contribution in [0.4, 0.5) is 4.79 Å². The molecule has 0 spiro atoms. The first-order valence-electron chi connectivity index (χ1n) is 12.5. The molecule has 0 heterocycles. The van der Waals surface area contributed by atoms with E-state index >= 15 is 0 Å². The van der Waals surface area contributed by atoms with Gasteiger partial charge in [-0.3, -0.25) is 0 Å². The summed E-state index contributed by atoms with van der Waals surface area (Å²) in [5.41, 5.74) is 0.943. The van der Waals surface area contributed by atoms with Crippen LogP contribution in [0.5, 0.6) is 0 Å². The molecule has 0 aliphatic heterocycles. The molecular weight excluding hydrogens is 472 g/mol. The van der Waals surface area contributed by atoms with Gasteiger partial charge in [-0.25, -0.2) is 4.79 Å². The zero-order chi connectivity index (χ0) is 25.8. The Labute approximate surface area is 215 Å². The average Bonchev–Trinajstić information content (AvgIpc) is 2.90. The van der Waals surface area contributed by atoms with Gasteiger partial charge in [-0.05, 0) is 12.6 Å². The maximum absolute atomic E-state index is 11.6. The summed E-state index contributed by atoms with van der Waals surface area (Å²) in [5, 5.41) is 5.65. The molecule has 0 bridgehead atoms. The van der Waals surface area contributed by atoms with E-state index in [-0.39, 0.29) is 6.61 Å². The molecule has 0 aromatic heterocycles. The van der Waals surface area contributed by atoms with Crippen LogP contribution in [0.3, 0.4) is 0 Å². The second kappa shape index (κ2) is 26.2. The van der Waals surface area contributed by atoms with Crippen molar-refractivity contribution < 1.29 is 42.7 Å². The summed E-state index contributed by atoms with van der Waals surface area (Å²) >= 11 is 0. The Morgan fingerprint density at radius 1 is 0.583 bits per heavy atom. The van der Waals surface area contributed by atoms with Crippen LogP contribution in [0.1, 0.15) is 5.56 Å². The number of amides is 1. The highest BCUT2D eigenvalue weighted by Gasteiger charge is 2.01. The number of benzene rings is 1. The standard InChI is InChI=1S/C25H44N2O9/c1-26-7-9-29-11-13-31-15-17-33-19-21-35-22-20-34-18-16-32-14-12-30-10-8-27-25(28)36-23-24-5-3-2-4-6-24/h2-6,26H,7-23H2,1H3,(H,27,28). The molecule has 0 atom stereocenters. The summed E-state index contributed by atoms with van der Waals surface area (Å²) in [4.78, 5) is 11.6. The molecule has 11 nitrogen and oxygen atoms in total. The molecule has 1 rings (SSSR count). The van der Waals surface area contributed by atoms with Gasteiger partial charge < -0.3 is 48.5 Å². The van der Waals surface area contributed by atoms with Crippen LogP contribution < -0.4 is 10.6 Å². The number of carbonyl (C=O) groups is 1. The molecule has 208 valence electrons. The Balaban J connectivity index is 1.68. The third-order valence-corrected chi connectivity index (χ3v) is 4.46. The topological polar surface area (TPSA) is 115 Å². The Morgan fingerprint density at radius 3 is 1.39 bits per heavy atom. The lowest BCUT2D eigenvalue weighted by molar-refractivity contribution is -0.0202. The average molecular weight is 517 g/mol. The fraction of sp³-hybridized carbons (Fsp3) is 0.720. The fourth-order valence-corrected chi connectivity index (χ4v) is 2.60. The Morgan fingerprint density at radius 2 is 0.972 bits per heavy atom. The molecule has 0 saturated heterocycles. The van der Waals surface area contributed by atoms with Gasteiger partial charge in [0.15, 0.2) is 0 Å². The highest BCUT2D eigenvalue weighted by Crippen LogP contribution is 2.00. The van der Waals surface area contributed by atoms with Crippen molar-refractivity contribution in [3.05, 3.63) is 35.9 Å². The first-order valence-corrected chi connectivity index (χ1v) is 12.5. The lowest BCUT2D eigenvalue weighted by Crippen LogP contribution is -2.28. The minimum absolute atomic E-state index is 0.245. The number of hydrogen-bond donors (Lipinski definition) is 2. The van der Waals surface area contributed by atoms with E-state index in [4.69, 9.17) is 37.9 Å². The smallest absolute Gasteiger partial charge is 0.407 e. The summed E-state index contributed by atoms with van der Waals surface area (Å²) in [7, 11) is 1.89. The molecule has 11 heteroatoms. The van der Waals surface area contributed by atoms with Crippen LogP contribution in [-0.4, -0.2) is 119 Å². The summed E-state index contributed by atoms with van der Waals surface area (Å²) in [6.07, 6.45) is -0.463. The number of alkyl carbamates (subject to hydrolysis) is 1. The van der Waals surface area contributed by atoms with Crippen LogP contribution in [0, 0.1) is 0 Å². The normalized spacial score (nSPS) is 11.0. The van der Waals surface area contributed by atoms with Crippen molar-refractivity contribution >= 4 is 6.09 Å². The Bertz CT molecular complexity index is 596. The summed E-state index contributed by atoms with van der Waals surface area (Å²) in [6, 6.07) is 9.52. The quantitative estimate of drug-likeness (QED) is 0.174. The monoisotopic (exact) mass is 516 g/mol. The number of ether oxygens (including phenoxy) is 8. The molecule has 0 saturated carbocycles. The van der Waals surface area contributed by atoms with Crippen molar-refractivity contribution in [2.45, 2.75) is 6.61 Å². The predicted molar refractivity (Wildman–Crippen MR) is 134 cm³/mol. The minimum atomic E-state index is -0.463. The molecular formula is C25H44N2O9. The molecule has 0 aliphatic rings. The van der Waals surface area contributed by atoms with Gasteiger partial charge in [0.25, 0.3) is 0 Å². The van der Waals surface area contributed by atoms with Crippen LogP contribution in [0.2, 0.25) is 0 Å². The van der Waals surface area contributed by atoms with Crippen molar-refractivity contribution in [1.29, 1.82) is 0 Å². The second-order valence-corrected chi connectivity index (χ2v) is 7.38. The number of nitrogens with one attached hydrogen (secondary N) is 2. The molecule has 0 aliphatic carbocycles. The van der Waals surface area contributed by atoms with Crippen LogP contribution in [0.25, 0.3) is 0 Å². The van der Waals surface area contributed by atoms with E-state index in [1.165, 1.54) is 0 Å². The number of rotatable bonds is 26. The third kappa shape index (κ3) is 22.6. The first-order chi connectivity index (χ1) is 17.8. The molecule has 1 amide bonds. The maximum Gasteiger partial charge on any atom is 0.407 e. The van der Waals surface area contributed by atoms with Crippen molar-refractivity contribution in [3.8, 4) is 0 Å². The molecule has 0 fully saturated rings. The predicted octanol–water partition coefficient (Wildman–Crippen LogP) is 1.25. The molecule has 1 aromatic rings. The van der Waals surface area contributed by atoms with Gasteiger partial charge in [0.05, 0.1) is 92.5 Å². The van der Waals surface area contributed by atoms with E-state index in [0.717, 1.165) is 12.1 Å². The number of likely N-dealkylation sites (N-methyl/N-ethyl adjacent to an activating group) is 1. The van der Waals surface area contributed by atoms with Gasteiger partial charge in [-0.1, -0.05) is 30.3 Å². The maximum atomic E-state index is 11.6. The molecule has 0 unspecified atom stereocenters. The fourth-order valence-electron chi connectivity index (χ4n) is 2.60. The second-order valence-electron chi connectivity index (χ2n) is 7.38. The van der Waals surface area contributed by atoms with E-state index in [2.05, 4.69) is 10.6 Å². The zero-order valence-electron chi connectivity index (χ0n) is 21.6. The van der Waals surface area contributed by atoms with Crippen molar-refractivity contribution in [2.24, 2.45) is 0 Å². The zero-order valence-corrected chi connectivity index (χ0v) is 21.6. The summed E-state index contributed by atoms with van der Waals surface area (Å²) < 4.78 is 43.0. The van der Waals surface area contributed by atoms with E-state index in [9.17, 15) is 4.79 Å². The van der Waals surface area contributed by atoms with Gasteiger partial charge in [-0.15, -0.1) is 0 Å². The SMILES string of the molecule is CNCCOCCOCCOCCOCCOCCOCCOCCNC(=O)OCc1ccccc1. The molecule has 0 radical (unpaired) electrons. The number of hydrogen-bond acceptors (Lipinski definition) is 10. The molecule has 1 aromatic carbocycles. The van der Waals surface area contributed by atoms with Crippen molar-refractivity contribution in [3.63, 3.8) is 0 Å². The summed E-state index contributed by atoms with van der Waals surface area (Å²) in [6.45, 7) is 8.72. The van der Waals surface area contributed by atoms with Crippen LogP contribution >= 0.6 is 0 Å². The van der Waals surface area contributed by atoms with E-state index in [1.807, 2.05) is 37.4 Å². The van der Waals surface area contributed by atoms with Crippen LogP contribution in [0.15, 0.2) is 30.3 Å². The Kier molecular flexibility index (Phi) is 23.5. The van der Waals surface area contributed by atoms with Crippen LogP contribution in [-0.2, 0) is 44.5 Å².